The van der Waals surface area contributed by atoms with Crippen molar-refractivity contribution in [1.29, 1.82) is 0 Å². The molecule has 0 aliphatic carbocycles. The first-order valence-electron chi connectivity index (χ1n) is 8.09. The molecule has 1 amide bonds. The van der Waals surface area contributed by atoms with E-state index < -0.39 is 0 Å². The van der Waals surface area contributed by atoms with Gasteiger partial charge in [0.25, 0.3) is 5.91 Å². The van der Waals surface area contributed by atoms with E-state index in [4.69, 9.17) is 27.9 Å². The number of carbonyl (C=O) groups excluding carboxylic acids is 1. The van der Waals surface area contributed by atoms with E-state index in [0.717, 1.165) is 19.6 Å². The van der Waals surface area contributed by atoms with Gasteiger partial charge in [-0.15, -0.1) is 0 Å². The maximum Gasteiger partial charge on any atom is 0.252 e. The van der Waals surface area contributed by atoms with Gasteiger partial charge in [-0.1, -0.05) is 53.5 Å². The lowest BCUT2D eigenvalue weighted by Crippen LogP contribution is -2.47. The number of aromatic nitrogens is 1. The van der Waals surface area contributed by atoms with Gasteiger partial charge in [-0.3, -0.25) is 9.69 Å². The van der Waals surface area contributed by atoms with Crippen molar-refractivity contribution in [3.8, 4) is 0 Å². The fraction of sp³-hybridized carbons (Fsp3) is 0.333. The molecule has 132 valence electrons. The monoisotopic (exact) mass is 379 g/mol. The van der Waals surface area contributed by atoms with Gasteiger partial charge >= 0.3 is 0 Å². The Hall–Kier alpha value is -1.66. The molecule has 0 spiro atoms. The summed E-state index contributed by atoms with van der Waals surface area (Å²) in [5.74, 6) is -0.241. The summed E-state index contributed by atoms with van der Waals surface area (Å²) in [6.45, 7) is 3.63. The fourth-order valence-electron chi connectivity index (χ4n) is 2.74. The summed E-state index contributed by atoms with van der Waals surface area (Å²) in [6.07, 6.45) is 1.37. The Morgan fingerprint density at radius 1 is 1.32 bits per heavy atom. The van der Waals surface area contributed by atoms with Crippen LogP contribution < -0.4 is 5.32 Å². The molecule has 1 aliphatic heterocycles. The third kappa shape index (κ3) is 5.16. The summed E-state index contributed by atoms with van der Waals surface area (Å²) in [4.78, 5) is 18.4. The summed E-state index contributed by atoms with van der Waals surface area (Å²) >= 11 is 11.7. The molecule has 1 aromatic carbocycles. The lowest BCUT2D eigenvalue weighted by molar-refractivity contribution is -0.0292. The zero-order valence-electron chi connectivity index (χ0n) is 13.6. The molecule has 2 aromatic rings. The molecule has 0 radical (unpaired) electrons. The number of ether oxygens (including phenoxy) is 1. The molecule has 1 fully saturated rings. The molecule has 1 N–H and O–H groups in total. The number of hydrogen-bond donors (Lipinski definition) is 1. The van der Waals surface area contributed by atoms with Crippen molar-refractivity contribution in [3.05, 3.63) is 63.9 Å². The van der Waals surface area contributed by atoms with Gasteiger partial charge in [-0.05, 0) is 11.6 Å². The van der Waals surface area contributed by atoms with Crippen molar-refractivity contribution in [2.24, 2.45) is 0 Å². The molecule has 1 saturated heterocycles. The number of pyridine rings is 1. The van der Waals surface area contributed by atoms with E-state index in [1.807, 2.05) is 18.2 Å². The van der Waals surface area contributed by atoms with E-state index in [1.165, 1.54) is 17.8 Å². The van der Waals surface area contributed by atoms with Gasteiger partial charge in [-0.2, -0.15) is 0 Å². The zero-order valence-corrected chi connectivity index (χ0v) is 15.1. The number of amides is 1. The Labute approximate surface area is 156 Å². The minimum Gasteiger partial charge on any atom is -0.374 e. The van der Waals surface area contributed by atoms with Crippen LogP contribution in [0.25, 0.3) is 0 Å². The van der Waals surface area contributed by atoms with Crippen LogP contribution in [-0.2, 0) is 11.3 Å². The second-order valence-electron chi connectivity index (χ2n) is 5.92. The smallest absolute Gasteiger partial charge is 0.252 e. The molecule has 0 saturated carbocycles. The zero-order chi connectivity index (χ0) is 17.6. The molecule has 7 heteroatoms. The predicted molar refractivity (Wildman–Crippen MR) is 98.0 cm³/mol. The van der Waals surface area contributed by atoms with E-state index in [-0.39, 0.29) is 22.2 Å². The Morgan fingerprint density at radius 3 is 2.88 bits per heavy atom. The van der Waals surface area contributed by atoms with Crippen molar-refractivity contribution < 1.29 is 9.53 Å². The SMILES string of the molecule is O=C(NCC1CN(Cc2ccccc2)CCO1)c1cnc(Cl)c(Cl)c1. The normalized spacial score (nSPS) is 18.1. The quantitative estimate of drug-likeness (QED) is 0.811. The van der Waals surface area contributed by atoms with Crippen LogP contribution in [0, 0.1) is 0 Å². The molecule has 25 heavy (non-hydrogen) atoms. The lowest BCUT2D eigenvalue weighted by atomic mass is 10.2. The molecular formula is C18H19Cl2N3O2. The van der Waals surface area contributed by atoms with Gasteiger partial charge in [0, 0.05) is 32.4 Å². The highest BCUT2D eigenvalue weighted by molar-refractivity contribution is 6.41. The lowest BCUT2D eigenvalue weighted by Gasteiger charge is -2.33. The van der Waals surface area contributed by atoms with Gasteiger partial charge in [-0.25, -0.2) is 4.98 Å². The van der Waals surface area contributed by atoms with Gasteiger partial charge in [0.1, 0.15) is 5.15 Å². The van der Waals surface area contributed by atoms with Crippen LogP contribution in [0.2, 0.25) is 10.2 Å². The molecule has 1 aliphatic rings. The summed E-state index contributed by atoms with van der Waals surface area (Å²) in [6, 6.07) is 11.8. The van der Waals surface area contributed by atoms with Gasteiger partial charge in [0.05, 0.1) is 23.3 Å². The fourth-order valence-corrected chi connectivity index (χ4v) is 3.01. The standard InChI is InChI=1S/C18H19Cl2N3O2/c19-16-8-14(9-21-17(16)20)18(24)22-10-15-12-23(6-7-25-15)11-13-4-2-1-3-5-13/h1-5,8-9,15H,6-7,10-12H2,(H,22,24). The topological polar surface area (TPSA) is 54.5 Å². The van der Waals surface area contributed by atoms with Crippen molar-refractivity contribution >= 4 is 29.1 Å². The van der Waals surface area contributed by atoms with E-state index in [2.05, 4.69) is 27.3 Å². The van der Waals surface area contributed by atoms with Crippen LogP contribution in [-0.4, -0.2) is 48.1 Å². The van der Waals surface area contributed by atoms with Crippen molar-refractivity contribution in [1.82, 2.24) is 15.2 Å². The van der Waals surface area contributed by atoms with E-state index in [9.17, 15) is 4.79 Å². The molecule has 1 atom stereocenters. The first-order valence-corrected chi connectivity index (χ1v) is 8.84. The summed E-state index contributed by atoms with van der Waals surface area (Å²) in [7, 11) is 0. The average molecular weight is 380 g/mol. The summed E-state index contributed by atoms with van der Waals surface area (Å²) < 4.78 is 5.76. The number of halogens is 2. The van der Waals surface area contributed by atoms with E-state index in [1.54, 1.807) is 0 Å². The maximum absolute atomic E-state index is 12.2. The van der Waals surface area contributed by atoms with Crippen molar-refractivity contribution in [2.45, 2.75) is 12.6 Å². The first-order chi connectivity index (χ1) is 12.1. The van der Waals surface area contributed by atoms with Crippen LogP contribution in [0.15, 0.2) is 42.6 Å². The number of nitrogens with one attached hydrogen (secondary N) is 1. The Bertz CT molecular complexity index is 728. The number of carbonyl (C=O) groups is 1. The molecule has 1 aromatic heterocycles. The highest BCUT2D eigenvalue weighted by Crippen LogP contribution is 2.19. The van der Waals surface area contributed by atoms with E-state index >= 15 is 0 Å². The minimum atomic E-state index is -0.241. The molecule has 5 nitrogen and oxygen atoms in total. The van der Waals surface area contributed by atoms with Crippen LogP contribution >= 0.6 is 23.2 Å². The Balaban J connectivity index is 1.50. The Morgan fingerprint density at radius 2 is 2.12 bits per heavy atom. The maximum atomic E-state index is 12.2. The number of benzene rings is 1. The predicted octanol–water partition coefficient (Wildman–Crippen LogP) is 3.02. The molecule has 0 bridgehead atoms. The third-order valence-electron chi connectivity index (χ3n) is 4.02. The highest BCUT2D eigenvalue weighted by Gasteiger charge is 2.21. The summed E-state index contributed by atoms with van der Waals surface area (Å²) in [5, 5.41) is 3.31. The molecule has 1 unspecified atom stereocenters. The number of hydrogen-bond acceptors (Lipinski definition) is 4. The minimum absolute atomic E-state index is 0.0443. The third-order valence-corrected chi connectivity index (χ3v) is 4.71. The molecule has 2 heterocycles. The largest absolute Gasteiger partial charge is 0.374 e. The molecular weight excluding hydrogens is 361 g/mol. The number of rotatable bonds is 5. The average Bonchev–Trinajstić information content (AvgIpc) is 2.63. The second kappa shape index (κ2) is 8.63. The number of nitrogens with zero attached hydrogens (tertiary/aromatic N) is 2. The Kier molecular flexibility index (Phi) is 6.26. The highest BCUT2D eigenvalue weighted by atomic mass is 35.5. The van der Waals surface area contributed by atoms with Gasteiger partial charge in [0.15, 0.2) is 0 Å². The van der Waals surface area contributed by atoms with Crippen LogP contribution in [0.3, 0.4) is 0 Å². The first kappa shape index (κ1) is 18.1. The molecule has 3 rings (SSSR count). The van der Waals surface area contributed by atoms with E-state index in [0.29, 0.717) is 18.7 Å². The van der Waals surface area contributed by atoms with Crippen LogP contribution in [0.5, 0.6) is 0 Å². The van der Waals surface area contributed by atoms with Crippen molar-refractivity contribution in [2.75, 3.05) is 26.2 Å². The van der Waals surface area contributed by atoms with Crippen LogP contribution in [0.1, 0.15) is 15.9 Å². The van der Waals surface area contributed by atoms with Gasteiger partial charge in [0.2, 0.25) is 0 Å². The van der Waals surface area contributed by atoms with Gasteiger partial charge < -0.3 is 10.1 Å². The number of morpholine rings is 1. The second-order valence-corrected chi connectivity index (χ2v) is 6.69. The van der Waals surface area contributed by atoms with Crippen molar-refractivity contribution in [3.63, 3.8) is 0 Å². The van der Waals surface area contributed by atoms with Crippen LogP contribution in [0.4, 0.5) is 0 Å². The summed E-state index contributed by atoms with van der Waals surface area (Å²) in [5.41, 5.74) is 1.65.